The maximum absolute atomic E-state index is 12.5. The number of carbonyl (C=O) groups is 1. The molecule has 2 N–H and O–H groups in total. The molecule has 40 heavy (non-hydrogen) atoms. The highest BCUT2D eigenvalue weighted by Gasteiger charge is 2.20. The van der Waals surface area contributed by atoms with E-state index in [-0.39, 0.29) is 11.7 Å². The first-order chi connectivity index (χ1) is 19.6. The van der Waals surface area contributed by atoms with Crippen molar-refractivity contribution >= 4 is 28.7 Å². The number of amides is 1. The summed E-state index contributed by atoms with van der Waals surface area (Å²) in [6.45, 7) is 6.26. The van der Waals surface area contributed by atoms with Crippen LogP contribution in [0.4, 0.5) is 11.6 Å². The molecular weight excluding hydrogens is 506 g/mol. The van der Waals surface area contributed by atoms with E-state index < -0.39 is 0 Å². The summed E-state index contributed by atoms with van der Waals surface area (Å²) in [7, 11) is 0. The molecule has 10 nitrogen and oxygen atoms in total. The standard InChI is InChI=1S/C30H35N7O3/c38-25-6-4-5-23(19-25)27-28-29(34-30(33-27)36-15-17-40-18-16-36)37(21-31-28)20-22-7-9-24(10-8-22)32-26(39)11-14-35-12-2-1-3-13-35/h4-10,19,21,38H,1-3,11-18,20H2,(H,32,39). The van der Waals surface area contributed by atoms with Crippen molar-refractivity contribution in [2.24, 2.45) is 0 Å². The number of morpholine rings is 1. The van der Waals surface area contributed by atoms with Crippen LogP contribution in [0.15, 0.2) is 54.9 Å². The number of aromatic nitrogens is 4. The van der Waals surface area contributed by atoms with Crippen LogP contribution in [0.3, 0.4) is 0 Å². The van der Waals surface area contributed by atoms with Crippen LogP contribution in [0, 0.1) is 0 Å². The molecule has 2 aromatic heterocycles. The maximum Gasteiger partial charge on any atom is 0.228 e. The summed E-state index contributed by atoms with van der Waals surface area (Å²) in [5.74, 6) is 0.847. The number of phenols is 1. The van der Waals surface area contributed by atoms with Gasteiger partial charge in [0.05, 0.1) is 26.1 Å². The van der Waals surface area contributed by atoms with E-state index in [1.807, 2.05) is 34.9 Å². The molecule has 0 unspecified atom stereocenters. The fourth-order valence-electron chi connectivity index (χ4n) is 5.36. The molecule has 2 aliphatic heterocycles. The quantitative estimate of drug-likeness (QED) is 0.346. The summed E-state index contributed by atoms with van der Waals surface area (Å²) in [5.41, 5.74) is 4.74. The molecule has 2 saturated heterocycles. The highest BCUT2D eigenvalue weighted by molar-refractivity contribution is 5.91. The first kappa shape index (κ1) is 26.2. The number of nitrogens with zero attached hydrogens (tertiary/aromatic N) is 6. The van der Waals surface area contributed by atoms with Crippen LogP contribution < -0.4 is 10.2 Å². The molecule has 2 fully saturated rings. The molecule has 4 aromatic rings. The fourth-order valence-corrected chi connectivity index (χ4v) is 5.36. The van der Waals surface area contributed by atoms with Gasteiger partial charge in [0.1, 0.15) is 17.0 Å². The molecule has 0 spiro atoms. The molecule has 0 aliphatic carbocycles. The molecule has 2 aliphatic rings. The minimum absolute atomic E-state index is 0.0470. The van der Waals surface area contributed by atoms with Crippen molar-refractivity contribution in [2.45, 2.75) is 32.2 Å². The van der Waals surface area contributed by atoms with E-state index in [2.05, 4.69) is 20.1 Å². The summed E-state index contributed by atoms with van der Waals surface area (Å²) in [4.78, 5) is 31.4. The second-order valence-corrected chi connectivity index (χ2v) is 10.5. The average molecular weight is 542 g/mol. The van der Waals surface area contributed by atoms with E-state index >= 15 is 0 Å². The Bertz CT molecular complexity index is 1460. The molecule has 6 rings (SSSR count). The number of ether oxygens (including phenoxy) is 1. The third-order valence-corrected chi connectivity index (χ3v) is 7.56. The number of fused-ring (bicyclic) bond motifs is 1. The summed E-state index contributed by atoms with van der Waals surface area (Å²) in [5, 5.41) is 13.1. The van der Waals surface area contributed by atoms with Crippen LogP contribution in [0.1, 0.15) is 31.2 Å². The molecule has 0 bridgehead atoms. The predicted octanol–water partition coefficient (Wildman–Crippen LogP) is 3.90. The number of phenolic OH excluding ortho intramolecular Hbond substituents is 1. The number of carbonyl (C=O) groups excluding carboxylic acids is 1. The monoisotopic (exact) mass is 541 g/mol. The minimum Gasteiger partial charge on any atom is -0.508 e. The maximum atomic E-state index is 12.5. The third-order valence-electron chi connectivity index (χ3n) is 7.56. The van der Waals surface area contributed by atoms with Crippen molar-refractivity contribution < 1.29 is 14.6 Å². The molecule has 0 atom stereocenters. The fraction of sp³-hybridized carbons (Fsp3) is 0.400. The number of nitrogens with one attached hydrogen (secondary N) is 1. The van der Waals surface area contributed by atoms with E-state index in [1.165, 1.54) is 19.3 Å². The van der Waals surface area contributed by atoms with Crippen molar-refractivity contribution in [3.8, 4) is 17.0 Å². The van der Waals surface area contributed by atoms with Crippen molar-refractivity contribution in [3.63, 3.8) is 0 Å². The van der Waals surface area contributed by atoms with E-state index in [9.17, 15) is 9.90 Å². The van der Waals surface area contributed by atoms with Crippen molar-refractivity contribution in [2.75, 3.05) is 56.2 Å². The normalized spacial score (nSPS) is 16.4. The first-order valence-electron chi connectivity index (χ1n) is 14.1. The number of imidazole rings is 1. The Morgan fingerprint density at radius 3 is 2.55 bits per heavy atom. The second-order valence-electron chi connectivity index (χ2n) is 10.5. The van der Waals surface area contributed by atoms with Gasteiger partial charge in [-0.1, -0.05) is 30.7 Å². The highest BCUT2D eigenvalue weighted by Crippen LogP contribution is 2.30. The van der Waals surface area contributed by atoms with Crippen LogP contribution >= 0.6 is 0 Å². The van der Waals surface area contributed by atoms with Gasteiger partial charge in [0.15, 0.2) is 5.65 Å². The molecule has 1 amide bonds. The largest absolute Gasteiger partial charge is 0.508 e. The number of likely N-dealkylation sites (tertiary alicyclic amines) is 1. The van der Waals surface area contributed by atoms with Crippen LogP contribution in [0.25, 0.3) is 22.4 Å². The number of hydrogen-bond acceptors (Lipinski definition) is 8. The lowest BCUT2D eigenvalue weighted by atomic mass is 10.1. The summed E-state index contributed by atoms with van der Waals surface area (Å²) in [6, 6.07) is 15.0. The van der Waals surface area contributed by atoms with E-state index in [4.69, 9.17) is 14.7 Å². The van der Waals surface area contributed by atoms with Crippen molar-refractivity contribution in [3.05, 3.63) is 60.4 Å². The Kier molecular flexibility index (Phi) is 7.87. The van der Waals surface area contributed by atoms with Gasteiger partial charge >= 0.3 is 0 Å². The number of hydrogen-bond donors (Lipinski definition) is 2. The van der Waals surface area contributed by atoms with E-state index in [1.54, 1.807) is 24.5 Å². The minimum atomic E-state index is 0.0470. The van der Waals surface area contributed by atoms with Crippen LogP contribution in [0.5, 0.6) is 5.75 Å². The number of rotatable bonds is 8. The van der Waals surface area contributed by atoms with Gasteiger partial charge in [0, 0.05) is 37.3 Å². The van der Waals surface area contributed by atoms with Gasteiger partial charge in [0.25, 0.3) is 0 Å². The zero-order chi connectivity index (χ0) is 27.3. The molecule has 2 aromatic carbocycles. The molecule has 208 valence electrons. The molecule has 0 radical (unpaired) electrons. The molecule has 4 heterocycles. The van der Waals surface area contributed by atoms with Gasteiger partial charge in [0.2, 0.25) is 11.9 Å². The average Bonchev–Trinajstić information content (AvgIpc) is 3.40. The van der Waals surface area contributed by atoms with Gasteiger partial charge in [-0.05, 0) is 55.8 Å². The zero-order valence-corrected chi connectivity index (χ0v) is 22.6. The molecule has 0 saturated carbocycles. The number of anilines is 2. The van der Waals surface area contributed by atoms with Crippen LogP contribution in [0.2, 0.25) is 0 Å². The Balaban J connectivity index is 1.20. The third kappa shape index (κ3) is 6.08. The summed E-state index contributed by atoms with van der Waals surface area (Å²) in [6.07, 6.45) is 6.05. The smallest absolute Gasteiger partial charge is 0.228 e. The van der Waals surface area contributed by atoms with Crippen LogP contribution in [-0.4, -0.2) is 81.4 Å². The zero-order valence-electron chi connectivity index (χ0n) is 22.6. The Morgan fingerprint density at radius 1 is 0.975 bits per heavy atom. The Hall–Kier alpha value is -4.02. The first-order valence-corrected chi connectivity index (χ1v) is 14.1. The van der Waals surface area contributed by atoms with Gasteiger partial charge in [-0.3, -0.25) is 4.79 Å². The summed E-state index contributed by atoms with van der Waals surface area (Å²) >= 11 is 0. The SMILES string of the molecule is O=C(CCN1CCCCC1)Nc1ccc(Cn2cnc3c(-c4cccc(O)c4)nc(N4CCOCC4)nc32)cc1. The van der Waals surface area contributed by atoms with E-state index in [0.717, 1.165) is 42.1 Å². The topological polar surface area (TPSA) is 109 Å². The summed E-state index contributed by atoms with van der Waals surface area (Å²) < 4.78 is 7.54. The van der Waals surface area contributed by atoms with Crippen LogP contribution in [-0.2, 0) is 16.1 Å². The lowest BCUT2D eigenvalue weighted by Gasteiger charge is -2.27. The second kappa shape index (κ2) is 12.0. The van der Waals surface area contributed by atoms with Crippen molar-refractivity contribution in [1.82, 2.24) is 24.4 Å². The highest BCUT2D eigenvalue weighted by atomic mass is 16.5. The lowest BCUT2D eigenvalue weighted by molar-refractivity contribution is -0.116. The number of piperidine rings is 1. The lowest BCUT2D eigenvalue weighted by Crippen LogP contribution is -2.37. The van der Waals surface area contributed by atoms with Gasteiger partial charge in [-0.2, -0.15) is 4.98 Å². The number of aromatic hydroxyl groups is 1. The van der Waals surface area contributed by atoms with Gasteiger partial charge in [-0.15, -0.1) is 0 Å². The Labute approximate surface area is 233 Å². The van der Waals surface area contributed by atoms with Crippen molar-refractivity contribution in [1.29, 1.82) is 0 Å². The van der Waals surface area contributed by atoms with Gasteiger partial charge in [-0.25, -0.2) is 9.97 Å². The molecular formula is C30H35N7O3. The Morgan fingerprint density at radius 2 is 1.77 bits per heavy atom. The van der Waals surface area contributed by atoms with E-state index in [0.29, 0.717) is 56.4 Å². The predicted molar refractivity (Wildman–Crippen MR) is 155 cm³/mol. The van der Waals surface area contributed by atoms with Gasteiger partial charge < -0.3 is 29.5 Å². The molecule has 10 heteroatoms. The number of benzene rings is 2.